The van der Waals surface area contributed by atoms with E-state index in [9.17, 15) is 4.79 Å². The molecule has 1 amide bonds. The second kappa shape index (κ2) is 5.85. The highest BCUT2D eigenvalue weighted by molar-refractivity contribution is 9.10. The summed E-state index contributed by atoms with van der Waals surface area (Å²) in [6, 6.07) is 8.26. The number of hydrazine groups is 1. The number of rotatable bonds is 2. The quantitative estimate of drug-likeness (QED) is 0.908. The molecule has 1 heterocycles. The number of carbonyl (C=O) groups is 1. The van der Waals surface area contributed by atoms with Gasteiger partial charge in [-0.2, -0.15) is 0 Å². The first kappa shape index (κ1) is 13.6. The molecule has 1 aliphatic heterocycles. The van der Waals surface area contributed by atoms with Gasteiger partial charge in [-0.3, -0.25) is 10.2 Å². The van der Waals surface area contributed by atoms with Crippen molar-refractivity contribution >= 4 is 21.8 Å². The van der Waals surface area contributed by atoms with E-state index in [0.29, 0.717) is 17.6 Å². The van der Waals surface area contributed by atoms with E-state index in [-0.39, 0.29) is 5.91 Å². The second-order valence-electron chi connectivity index (χ2n) is 4.98. The number of nitrogens with one attached hydrogen (secondary N) is 1. The van der Waals surface area contributed by atoms with Crippen molar-refractivity contribution < 1.29 is 4.79 Å². The molecule has 0 aromatic heterocycles. The van der Waals surface area contributed by atoms with Crippen LogP contribution in [-0.4, -0.2) is 23.0 Å². The molecule has 0 saturated carbocycles. The lowest BCUT2D eigenvalue weighted by molar-refractivity contribution is 0.0370. The molecule has 0 unspecified atom stereocenters. The summed E-state index contributed by atoms with van der Waals surface area (Å²) in [6.45, 7) is 4.33. The summed E-state index contributed by atoms with van der Waals surface area (Å²) in [6.07, 6.45) is 3.53. The van der Waals surface area contributed by atoms with Gasteiger partial charge in [-0.05, 0) is 51.0 Å². The van der Waals surface area contributed by atoms with E-state index < -0.39 is 0 Å². The molecule has 1 aliphatic rings. The Labute approximate surface area is 117 Å². The average molecular weight is 311 g/mol. The lowest BCUT2D eigenvalue weighted by Crippen LogP contribution is -2.54. The van der Waals surface area contributed by atoms with Crippen molar-refractivity contribution in [3.05, 3.63) is 34.3 Å². The predicted octanol–water partition coefficient (Wildman–Crippen LogP) is 3.36. The van der Waals surface area contributed by atoms with Crippen LogP contribution in [0, 0.1) is 0 Å². The van der Waals surface area contributed by atoms with Crippen LogP contribution in [0.2, 0.25) is 0 Å². The van der Waals surface area contributed by atoms with Crippen molar-refractivity contribution in [2.75, 3.05) is 0 Å². The maximum Gasteiger partial charge on any atom is 0.265 e. The highest BCUT2D eigenvalue weighted by Crippen LogP contribution is 2.20. The molecule has 1 fully saturated rings. The van der Waals surface area contributed by atoms with Crippen LogP contribution in [0.15, 0.2) is 28.7 Å². The molecule has 3 nitrogen and oxygen atoms in total. The van der Waals surface area contributed by atoms with Crippen LogP contribution in [-0.2, 0) is 0 Å². The summed E-state index contributed by atoms with van der Waals surface area (Å²) in [7, 11) is 0. The number of hydrogen-bond donors (Lipinski definition) is 1. The highest BCUT2D eigenvalue weighted by Gasteiger charge is 2.26. The van der Waals surface area contributed by atoms with Crippen molar-refractivity contribution in [1.29, 1.82) is 0 Å². The molecule has 1 N–H and O–H groups in total. The van der Waals surface area contributed by atoms with E-state index in [0.717, 1.165) is 17.3 Å². The van der Waals surface area contributed by atoms with E-state index in [4.69, 9.17) is 0 Å². The number of halogens is 1. The normalized spacial score (nSPS) is 24.8. The van der Waals surface area contributed by atoms with E-state index in [1.165, 1.54) is 6.42 Å². The Morgan fingerprint density at radius 3 is 2.33 bits per heavy atom. The van der Waals surface area contributed by atoms with Gasteiger partial charge in [0.25, 0.3) is 5.91 Å². The lowest BCUT2D eigenvalue weighted by atomic mass is 10.00. The summed E-state index contributed by atoms with van der Waals surface area (Å²) in [5.74, 6) is -0.0249. The number of amides is 1. The van der Waals surface area contributed by atoms with Gasteiger partial charge in [0.1, 0.15) is 0 Å². The minimum Gasteiger partial charge on any atom is -0.284 e. The first-order valence-electron chi connectivity index (χ1n) is 6.43. The zero-order valence-electron chi connectivity index (χ0n) is 10.8. The van der Waals surface area contributed by atoms with Gasteiger partial charge in [-0.1, -0.05) is 22.4 Å². The van der Waals surface area contributed by atoms with E-state index >= 15 is 0 Å². The maximum atomic E-state index is 12.1. The monoisotopic (exact) mass is 310 g/mol. The molecule has 1 aromatic carbocycles. The van der Waals surface area contributed by atoms with Crippen LogP contribution >= 0.6 is 15.9 Å². The van der Waals surface area contributed by atoms with E-state index in [2.05, 4.69) is 40.2 Å². The predicted molar refractivity (Wildman–Crippen MR) is 76.2 cm³/mol. The van der Waals surface area contributed by atoms with Gasteiger partial charge in [-0.25, -0.2) is 5.01 Å². The van der Waals surface area contributed by atoms with Gasteiger partial charge in [0.15, 0.2) is 0 Å². The number of piperidine rings is 1. The van der Waals surface area contributed by atoms with Gasteiger partial charge in [0.2, 0.25) is 0 Å². The molecular weight excluding hydrogens is 292 g/mol. The molecule has 0 radical (unpaired) electrons. The van der Waals surface area contributed by atoms with Gasteiger partial charge in [-0.15, -0.1) is 0 Å². The minimum atomic E-state index is -0.0249. The Kier molecular flexibility index (Phi) is 4.40. The molecule has 1 saturated heterocycles. The molecule has 2 rings (SSSR count). The highest BCUT2D eigenvalue weighted by atomic mass is 79.9. The molecule has 1 aromatic rings. The van der Waals surface area contributed by atoms with Crippen molar-refractivity contribution in [1.82, 2.24) is 10.4 Å². The van der Waals surface area contributed by atoms with Crippen molar-refractivity contribution in [2.24, 2.45) is 0 Å². The molecule has 0 aliphatic carbocycles. The number of carbonyl (C=O) groups excluding carboxylic acids is 1. The van der Waals surface area contributed by atoms with E-state index in [1.807, 2.05) is 24.3 Å². The Bertz CT molecular complexity index is 408. The topological polar surface area (TPSA) is 32.3 Å². The minimum absolute atomic E-state index is 0.0249. The summed E-state index contributed by atoms with van der Waals surface area (Å²) in [4.78, 5) is 12.1. The van der Waals surface area contributed by atoms with Crippen LogP contribution in [0.3, 0.4) is 0 Å². The molecule has 98 valence electrons. The summed E-state index contributed by atoms with van der Waals surface area (Å²) in [5, 5.41) is 2.09. The van der Waals surface area contributed by atoms with Crippen LogP contribution in [0.5, 0.6) is 0 Å². The molecular formula is C14H19BrN2O. The second-order valence-corrected chi connectivity index (χ2v) is 5.90. The largest absolute Gasteiger partial charge is 0.284 e. The smallest absolute Gasteiger partial charge is 0.265 e. The van der Waals surface area contributed by atoms with Crippen LogP contribution in [0.1, 0.15) is 43.5 Å². The zero-order chi connectivity index (χ0) is 13.1. The lowest BCUT2D eigenvalue weighted by Gasteiger charge is -2.38. The number of benzene rings is 1. The Hall–Kier alpha value is -0.870. The van der Waals surface area contributed by atoms with Crippen molar-refractivity contribution in [3.63, 3.8) is 0 Å². The van der Waals surface area contributed by atoms with Crippen molar-refractivity contribution in [2.45, 2.75) is 45.2 Å². The van der Waals surface area contributed by atoms with Gasteiger partial charge < -0.3 is 0 Å². The van der Waals surface area contributed by atoms with E-state index in [1.54, 1.807) is 0 Å². The Morgan fingerprint density at radius 2 is 1.78 bits per heavy atom. The standard InChI is InChI=1S/C14H19BrN2O/c1-10-4-3-5-11(2)17(10)16-14(18)12-6-8-13(15)9-7-12/h6-11H,3-5H2,1-2H3,(H,16,18)/t10-,11+. The SMILES string of the molecule is C[C@@H]1CCC[C@H](C)N1NC(=O)c1ccc(Br)cc1. The fourth-order valence-electron chi connectivity index (χ4n) is 2.42. The number of hydrogen-bond acceptors (Lipinski definition) is 2. The van der Waals surface area contributed by atoms with Gasteiger partial charge in [0.05, 0.1) is 0 Å². The Morgan fingerprint density at radius 1 is 1.22 bits per heavy atom. The van der Waals surface area contributed by atoms with Gasteiger partial charge >= 0.3 is 0 Å². The third-order valence-electron chi connectivity index (χ3n) is 3.53. The third kappa shape index (κ3) is 3.12. The summed E-state index contributed by atoms with van der Waals surface area (Å²) < 4.78 is 0.985. The zero-order valence-corrected chi connectivity index (χ0v) is 12.4. The van der Waals surface area contributed by atoms with Gasteiger partial charge in [0, 0.05) is 22.1 Å². The fraction of sp³-hybridized carbons (Fsp3) is 0.500. The fourth-order valence-corrected chi connectivity index (χ4v) is 2.69. The average Bonchev–Trinajstić information content (AvgIpc) is 2.34. The maximum absolute atomic E-state index is 12.1. The van der Waals surface area contributed by atoms with Crippen LogP contribution < -0.4 is 5.43 Å². The Balaban J connectivity index is 2.04. The van der Waals surface area contributed by atoms with Crippen LogP contribution in [0.4, 0.5) is 0 Å². The summed E-state index contributed by atoms with van der Waals surface area (Å²) in [5.41, 5.74) is 3.73. The molecule has 18 heavy (non-hydrogen) atoms. The first-order valence-corrected chi connectivity index (χ1v) is 7.22. The summed E-state index contributed by atoms with van der Waals surface area (Å²) >= 11 is 3.37. The third-order valence-corrected chi connectivity index (χ3v) is 4.06. The molecule has 2 atom stereocenters. The molecule has 4 heteroatoms. The van der Waals surface area contributed by atoms with Crippen molar-refractivity contribution in [3.8, 4) is 0 Å². The number of nitrogens with zero attached hydrogens (tertiary/aromatic N) is 1. The van der Waals surface area contributed by atoms with Crippen LogP contribution in [0.25, 0.3) is 0 Å². The molecule has 0 spiro atoms. The first-order chi connectivity index (χ1) is 8.58. The molecule has 0 bridgehead atoms.